The average Bonchev–Trinajstić information content (AvgIpc) is 2.71. The second kappa shape index (κ2) is 3.11. The smallest absolute Gasteiger partial charge is 0.0300 e. The van der Waals surface area contributed by atoms with Crippen LogP contribution in [0, 0.1) is 5.92 Å². The molecule has 2 nitrogen and oxygen atoms in total. The first-order valence-electron chi connectivity index (χ1n) is 4.46. The summed E-state index contributed by atoms with van der Waals surface area (Å²) in [6.07, 6.45) is 4.11. The van der Waals surface area contributed by atoms with Gasteiger partial charge in [0.05, 0.1) is 0 Å². The summed E-state index contributed by atoms with van der Waals surface area (Å²) in [5.41, 5.74) is 5.98. The van der Waals surface area contributed by atoms with E-state index in [9.17, 15) is 0 Å². The van der Waals surface area contributed by atoms with Gasteiger partial charge in [0.2, 0.25) is 0 Å². The van der Waals surface area contributed by atoms with Crippen LogP contribution >= 0.6 is 0 Å². The van der Waals surface area contributed by atoms with Crippen LogP contribution in [-0.4, -0.2) is 31.1 Å². The first-order chi connectivity index (χ1) is 5.08. The Kier molecular flexibility index (Phi) is 2.55. The van der Waals surface area contributed by atoms with Gasteiger partial charge in [-0.05, 0) is 33.4 Å². The van der Waals surface area contributed by atoms with Crippen LogP contribution < -0.4 is 5.73 Å². The first-order valence-corrected chi connectivity index (χ1v) is 4.46. The van der Waals surface area contributed by atoms with Crippen molar-refractivity contribution < 1.29 is 0 Å². The molecular weight excluding hydrogens is 136 g/mol. The monoisotopic (exact) mass is 156 g/mol. The molecule has 0 heterocycles. The minimum absolute atomic E-state index is 0.237. The van der Waals surface area contributed by atoms with E-state index in [1.54, 1.807) is 0 Å². The quantitative estimate of drug-likeness (QED) is 0.659. The molecule has 1 rings (SSSR count). The topological polar surface area (TPSA) is 29.3 Å². The summed E-state index contributed by atoms with van der Waals surface area (Å²) in [5, 5.41) is 0. The van der Waals surface area contributed by atoms with E-state index < -0.39 is 0 Å². The molecule has 1 aliphatic carbocycles. The van der Waals surface area contributed by atoms with E-state index in [4.69, 9.17) is 5.73 Å². The van der Waals surface area contributed by atoms with Crippen LogP contribution in [-0.2, 0) is 0 Å². The molecule has 2 N–H and O–H groups in total. The van der Waals surface area contributed by atoms with Gasteiger partial charge in [-0.25, -0.2) is 0 Å². The lowest BCUT2D eigenvalue weighted by molar-refractivity contribution is 0.161. The van der Waals surface area contributed by atoms with Gasteiger partial charge in [0.1, 0.15) is 0 Å². The van der Waals surface area contributed by atoms with Crippen molar-refractivity contribution in [3.8, 4) is 0 Å². The van der Waals surface area contributed by atoms with Crippen LogP contribution in [0.15, 0.2) is 0 Å². The van der Waals surface area contributed by atoms with Gasteiger partial charge in [-0.1, -0.05) is 12.8 Å². The van der Waals surface area contributed by atoms with E-state index in [0.717, 1.165) is 12.5 Å². The summed E-state index contributed by atoms with van der Waals surface area (Å²) < 4.78 is 0. The average molecular weight is 156 g/mol. The van der Waals surface area contributed by atoms with Crippen LogP contribution in [0.3, 0.4) is 0 Å². The van der Waals surface area contributed by atoms with E-state index in [0.29, 0.717) is 0 Å². The van der Waals surface area contributed by atoms with Crippen LogP contribution in [0.1, 0.15) is 26.2 Å². The lowest BCUT2D eigenvalue weighted by atomic mass is 9.94. The Bertz CT molecular complexity index is 130. The van der Waals surface area contributed by atoms with Crippen molar-refractivity contribution in [2.45, 2.75) is 31.7 Å². The SMILES string of the molecule is CN(C)C(C)(CN)CC1CC1. The molecule has 1 saturated carbocycles. The van der Waals surface area contributed by atoms with E-state index in [2.05, 4.69) is 25.9 Å². The Morgan fingerprint density at radius 1 is 1.45 bits per heavy atom. The fourth-order valence-electron chi connectivity index (χ4n) is 1.39. The second-order valence-corrected chi connectivity index (χ2v) is 4.24. The molecule has 1 atom stereocenters. The zero-order valence-corrected chi connectivity index (χ0v) is 7.93. The van der Waals surface area contributed by atoms with Gasteiger partial charge < -0.3 is 10.6 Å². The van der Waals surface area contributed by atoms with Crippen molar-refractivity contribution in [3.63, 3.8) is 0 Å². The molecule has 0 aromatic rings. The minimum atomic E-state index is 0.237. The van der Waals surface area contributed by atoms with Crippen LogP contribution in [0.2, 0.25) is 0 Å². The van der Waals surface area contributed by atoms with E-state index in [1.807, 2.05) is 0 Å². The predicted octanol–water partition coefficient (Wildman–Crippen LogP) is 1.07. The first kappa shape index (κ1) is 9.01. The van der Waals surface area contributed by atoms with E-state index in [1.165, 1.54) is 19.3 Å². The third kappa shape index (κ3) is 2.17. The second-order valence-electron chi connectivity index (χ2n) is 4.24. The normalized spacial score (nSPS) is 23.7. The molecule has 0 saturated heterocycles. The molecule has 0 aromatic carbocycles. The number of nitrogens with zero attached hydrogens (tertiary/aromatic N) is 1. The number of hydrogen-bond acceptors (Lipinski definition) is 2. The molecule has 1 unspecified atom stereocenters. The molecule has 11 heavy (non-hydrogen) atoms. The van der Waals surface area contributed by atoms with Gasteiger partial charge in [-0.15, -0.1) is 0 Å². The van der Waals surface area contributed by atoms with Crippen molar-refractivity contribution in [3.05, 3.63) is 0 Å². The van der Waals surface area contributed by atoms with Gasteiger partial charge >= 0.3 is 0 Å². The highest BCUT2D eigenvalue weighted by atomic mass is 15.1. The fourth-order valence-corrected chi connectivity index (χ4v) is 1.39. The third-order valence-corrected chi connectivity index (χ3v) is 2.94. The summed E-state index contributed by atoms with van der Waals surface area (Å²) in [6.45, 7) is 3.03. The number of rotatable bonds is 4. The summed E-state index contributed by atoms with van der Waals surface area (Å²) in [7, 11) is 4.24. The molecular formula is C9H20N2. The van der Waals surface area contributed by atoms with Crippen LogP contribution in [0.4, 0.5) is 0 Å². The lowest BCUT2D eigenvalue weighted by Gasteiger charge is -2.35. The van der Waals surface area contributed by atoms with E-state index >= 15 is 0 Å². The predicted molar refractivity (Wildman–Crippen MR) is 48.5 cm³/mol. The van der Waals surface area contributed by atoms with Gasteiger partial charge in [0.25, 0.3) is 0 Å². The fraction of sp³-hybridized carbons (Fsp3) is 1.00. The lowest BCUT2D eigenvalue weighted by Crippen LogP contribution is -2.47. The van der Waals surface area contributed by atoms with Crippen LogP contribution in [0.25, 0.3) is 0 Å². The third-order valence-electron chi connectivity index (χ3n) is 2.94. The number of hydrogen-bond donors (Lipinski definition) is 1. The summed E-state index contributed by atoms with van der Waals surface area (Å²) in [6, 6.07) is 0. The highest BCUT2D eigenvalue weighted by molar-refractivity contribution is 4.90. The zero-order chi connectivity index (χ0) is 8.48. The van der Waals surface area contributed by atoms with Gasteiger partial charge in [0, 0.05) is 12.1 Å². The standard InChI is InChI=1S/C9H20N2/c1-9(7-10,11(2)3)6-8-4-5-8/h8H,4-7,10H2,1-3H3. The maximum Gasteiger partial charge on any atom is 0.0300 e. The Morgan fingerprint density at radius 2 is 2.00 bits per heavy atom. The Hall–Kier alpha value is -0.0800. The number of nitrogens with two attached hydrogens (primary N) is 1. The van der Waals surface area contributed by atoms with Crippen molar-refractivity contribution >= 4 is 0 Å². The molecule has 2 heteroatoms. The molecule has 0 spiro atoms. The van der Waals surface area contributed by atoms with Gasteiger partial charge in [-0.2, -0.15) is 0 Å². The summed E-state index contributed by atoms with van der Waals surface area (Å²) >= 11 is 0. The molecule has 0 aliphatic heterocycles. The molecule has 1 fully saturated rings. The maximum atomic E-state index is 5.74. The van der Waals surface area contributed by atoms with Crippen molar-refractivity contribution in [2.24, 2.45) is 11.7 Å². The number of likely N-dealkylation sites (N-methyl/N-ethyl adjacent to an activating group) is 1. The Balaban J connectivity index is 2.42. The summed E-state index contributed by atoms with van der Waals surface area (Å²) in [5.74, 6) is 0.964. The molecule has 0 radical (unpaired) electrons. The van der Waals surface area contributed by atoms with Crippen LogP contribution in [0.5, 0.6) is 0 Å². The molecule has 66 valence electrons. The van der Waals surface area contributed by atoms with Crippen molar-refractivity contribution in [1.82, 2.24) is 4.90 Å². The van der Waals surface area contributed by atoms with Crippen molar-refractivity contribution in [2.75, 3.05) is 20.6 Å². The Labute approximate surface area is 69.8 Å². The highest BCUT2D eigenvalue weighted by Crippen LogP contribution is 2.37. The molecule has 1 aliphatic rings. The maximum absolute atomic E-state index is 5.74. The molecule has 0 amide bonds. The van der Waals surface area contributed by atoms with E-state index in [-0.39, 0.29) is 5.54 Å². The highest BCUT2D eigenvalue weighted by Gasteiger charge is 2.33. The van der Waals surface area contributed by atoms with Gasteiger partial charge in [0.15, 0.2) is 0 Å². The largest absolute Gasteiger partial charge is 0.329 e. The minimum Gasteiger partial charge on any atom is -0.329 e. The van der Waals surface area contributed by atoms with Crippen molar-refractivity contribution in [1.29, 1.82) is 0 Å². The molecule has 0 aromatic heterocycles. The van der Waals surface area contributed by atoms with Gasteiger partial charge in [-0.3, -0.25) is 0 Å². The Morgan fingerprint density at radius 3 is 2.27 bits per heavy atom. The molecule has 0 bridgehead atoms. The summed E-state index contributed by atoms with van der Waals surface area (Å²) in [4.78, 5) is 2.26. The zero-order valence-electron chi connectivity index (χ0n) is 7.93.